The molecule has 1 saturated carbocycles. The molecule has 0 amide bonds. The van der Waals surface area contributed by atoms with E-state index >= 15 is 0 Å². The minimum absolute atomic E-state index is 0.135. The largest absolute Gasteiger partial charge is 0.494 e. The van der Waals surface area contributed by atoms with Crippen molar-refractivity contribution in [3.8, 4) is 0 Å². The second kappa shape index (κ2) is 7.05. The Kier molecular flexibility index (Phi) is 4.84. The maximum absolute atomic E-state index is 13.6. The van der Waals surface area contributed by atoms with Crippen LogP contribution in [0, 0.1) is 11.3 Å². The Morgan fingerprint density at radius 3 is 2.64 bits per heavy atom. The molecule has 1 aromatic carbocycles. The first kappa shape index (κ1) is 19.2. The van der Waals surface area contributed by atoms with Crippen molar-refractivity contribution >= 4 is 5.78 Å². The van der Waals surface area contributed by atoms with Crippen LogP contribution in [0.1, 0.15) is 31.2 Å². The Bertz CT molecular complexity index is 830. The summed E-state index contributed by atoms with van der Waals surface area (Å²) in [5.74, 6) is 0.535. The fourth-order valence-electron chi connectivity index (χ4n) is 5.62. The number of nitrogens with zero attached hydrogens (tertiary/aromatic N) is 1. The van der Waals surface area contributed by atoms with Crippen LogP contribution in [0.2, 0.25) is 0 Å². The summed E-state index contributed by atoms with van der Waals surface area (Å²) in [5, 5.41) is 12.0. The fourth-order valence-corrected chi connectivity index (χ4v) is 5.62. The van der Waals surface area contributed by atoms with Crippen LogP contribution in [-0.2, 0) is 20.8 Å². The van der Waals surface area contributed by atoms with Gasteiger partial charge in [0.05, 0.1) is 19.6 Å². The van der Waals surface area contributed by atoms with Gasteiger partial charge < -0.3 is 19.5 Å². The van der Waals surface area contributed by atoms with Crippen molar-refractivity contribution in [2.45, 2.75) is 37.8 Å². The standard InChI is InChI=1S/C23H29NO4/c1-24(14-16-9-5-4-6-10-16)15-22-13-17-11-7-8-12-18(17)23(22,26)21(28-3)19(27-2)20(22)25/h4-6,9-10,12,17,26H,7-8,11,13-15H2,1-3H3/t17-,22-,23+/m1/s1. The van der Waals surface area contributed by atoms with Crippen LogP contribution in [0.15, 0.2) is 53.5 Å². The molecule has 0 spiro atoms. The zero-order valence-electron chi connectivity index (χ0n) is 16.9. The number of methoxy groups -OCH3 is 2. The van der Waals surface area contributed by atoms with Crippen LogP contribution in [0.4, 0.5) is 0 Å². The summed E-state index contributed by atoms with van der Waals surface area (Å²) >= 11 is 0. The van der Waals surface area contributed by atoms with E-state index in [1.165, 1.54) is 19.8 Å². The smallest absolute Gasteiger partial charge is 0.212 e. The van der Waals surface area contributed by atoms with Gasteiger partial charge in [0.25, 0.3) is 0 Å². The van der Waals surface area contributed by atoms with E-state index in [9.17, 15) is 9.90 Å². The molecular weight excluding hydrogens is 354 g/mol. The topological polar surface area (TPSA) is 59.0 Å². The molecule has 150 valence electrons. The first-order valence-electron chi connectivity index (χ1n) is 10.0. The number of rotatable bonds is 6. The van der Waals surface area contributed by atoms with Gasteiger partial charge in [0.1, 0.15) is 0 Å². The van der Waals surface area contributed by atoms with Crippen LogP contribution in [-0.4, -0.2) is 49.2 Å². The number of carbonyl (C=O) groups is 1. The molecule has 0 aromatic heterocycles. The normalized spacial score (nSPS) is 31.7. The molecule has 1 aromatic rings. The quantitative estimate of drug-likeness (QED) is 0.765. The van der Waals surface area contributed by atoms with E-state index in [-0.39, 0.29) is 23.2 Å². The van der Waals surface area contributed by atoms with Gasteiger partial charge >= 0.3 is 0 Å². The van der Waals surface area contributed by atoms with Gasteiger partial charge in [-0.1, -0.05) is 36.4 Å². The SMILES string of the molecule is COC1=C(OC)[C@@]2(O)C3=CCCC[C@@H]3C[C@@]2(CN(C)Cc2ccccc2)C1=O. The molecule has 5 nitrogen and oxygen atoms in total. The number of aliphatic hydroxyl groups is 1. The van der Waals surface area contributed by atoms with Crippen molar-refractivity contribution in [2.75, 3.05) is 27.8 Å². The molecule has 0 heterocycles. The maximum atomic E-state index is 13.6. The highest BCUT2D eigenvalue weighted by Gasteiger charge is 2.72. The zero-order chi connectivity index (χ0) is 19.9. The second-order valence-corrected chi connectivity index (χ2v) is 8.34. The van der Waals surface area contributed by atoms with Crippen molar-refractivity contribution < 1.29 is 19.4 Å². The van der Waals surface area contributed by atoms with Gasteiger partial charge in [0.2, 0.25) is 11.5 Å². The first-order chi connectivity index (χ1) is 13.5. The number of hydrogen-bond acceptors (Lipinski definition) is 5. The number of carbonyl (C=O) groups excluding carboxylic acids is 1. The molecule has 28 heavy (non-hydrogen) atoms. The van der Waals surface area contributed by atoms with E-state index in [4.69, 9.17) is 9.47 Å². The van der Waals surface area contributed by atoms with E-state index in [0.717, 1.165) is 24.8 Å². The Hall–Kier alpha value is -2.11. The van der Waals surface area contributed by atoms with Gasteiger partial charge in [0, 0.05) is 13.1 Å². The lowest BCUT2D eigenvalue weighted by molar-refractivity contribution is -0.135. The average molecular weight is 383 g/mol. The lowest BCUT2D eigenvalue weighted by atomic mass is 9.73. The van der Waals surface area contributed by atoms with Crippen LogP contribution < -0.4 is 0 Å². The van der Waals surface area contributed by atoms with E-state index < -0.39 is 11.0 Å². The van der Waals surface area contributed by atoms with Crippen LogP contribution in [0.25, 0.3) is 0 Å². The van der Waals surface area contributed by atoms with Crippen molar-refractivity contribution in [3.05, 3.63) is 59.1 Å². The van der Waals surface area contributed by atoms with Gasteiger partial charge in [-0.05, 0) is 49.8 Å². The lowest BCUT2D eigenvalue weighted by Gasteiger charge is -2.39. The molecule has 0 aliphatic heterocycles. The molecule has 0 radical (unpaired) electrons. The summed E-state index contributed by atoms with van der Waals surface area (Å²) < 4.78 is 11.0. The summed E-state index contributed by atoms with van der Waals surface area (Å²) in [6.07, 6.45) is 5.78. The summed E-state index contributed by atoms with van der Waals surface area (Å²) in [6, 6.07) is 10.2. The van der Waals surface area contributed by atoms with Gasteiger partial charge in [-0.3, -0.25) is 4.79 Å². The van der Waals surface area contributed by atoms with Crippen LogP contribution >= 0.6 is 0 Å². The Morgan fingerprint density at radius 2 is 1.96 bits per heavy atom. The Morgan fingerprint density at radius 1 is 1.21 bits per heavy atom. The second-order valence-electron chi connectivity index (χ2n) is 8.34. The van der Waals surface area contributed by atoms with E-state index in [1.807, 2.05) is 25.2 Å². The molecule has 4 rings (SSSR count). The van der Waals surface area contributed by atoms with Gasteiger partial charge in [-0.25, -0.2) is 0 Å². The molecule has 5 heteroatoms. The Balaban J connectivity index is 1.74. The predicted molar refractivity (Wildman–Crippen MR) is 106 cm³/mol. The van der Waals surface area contributed by atoms with Crippen molar-refractivity contribution in [1.29, 1.82) is 0 Å². The van der Waals surface area contributed by atoms with Crippen molar-refractivity contribution in [1.82, 2.24) is 4.90 Å². The summed E-state index contributed by atoms with van der Waals surface area (Å²) in [5.41, 5.74) is -0.255. The van der Waals surface area contributed by atoms with E-state index in [2.05, 4.69) is 23.1 Å². The van der Waals surface area contributed by atoms with Gasteiger partial charge in [0.15, 0.2) is 11.4 Å². The monoisotopic (exact) mass is 383 g/mol. The summed E-state index contributed by atoms with van der Waals surface area (Å²) in [7, 11) is 4.99. The number of hydrogen-bond donors (Lipinski definition) is 1. The lowest BCUT2D eigenvalue weighted by Crippen LogP contribution is -2.52. The first-order valence-corrected chi connectivity index (χ1v) is 10.0. The minimum atomic E-state index is -1.42. The van der Waals surface area contributed by atoms with Crippen LogP contribution in [0.5, 0.6) is 0 Å². The molecule has 0 bridgehead atoms. The number of allylic oxidation sites excluding steroid dienone is 2. The number of ether oxygens (including phenoxy) is 2. The fraction of sp³-hybridized carbons (Fsp3) is 0.522. The molecule has 1 fully saturated rings. The van der Waals surface area contributed by atoms with Crippen molar-refractivity contribution in [3.63, 3.8) is 0 Å². The zero-order valence-corrected chi connectivity index (χ0v) is 16.9. The van der Waals surface area contributed by atoms with E-state index in [0.29, 0.717) is 19.5 Å². The highest BCUT2D eigenvalue weighted by Crippen LogP contribution is 2.64. The summed E-state index contributed by atoms with van der Waals surface area (Å²) in [6.45, 7) is 1.16. The molecule has 3 aliphatic rings. The molecule has 1 N–H and O–H groups in total. The highest BCUT2D eigenvalue weighted by molar-refractivity contribution is 6.05. The minimum Gasteiger partial charge on any atom is -0.494 e. The Labute approximate surface area is 166 Å². The average Bonchev–Trinajstić information content (AvgIpc) is 3.04. The molecule has 3 atom stereocenters. The molecule has 0 saturated heterocycles. The molecular formula is C23H29NO4. The molecule has 0 unspecified atom stereocenters. The van der Waals surface area contributed by atoms with Crippen molar-refractivity contribution in [2.24, 2.45) is 11.3 Å². The van der Waals surface area contributed by atoms with Gasteiger partial charge in [-0.15, -0.1) is 0 Å². The predicted octanol–water partition coefficient (Wildman–Crippen LogP) is 3.05. The third-order valence-corrected chi connectivity index (χ3v) is 6.69. The molecule has 3 aliphatic carbocycles. The highest BCUT2D eigenvalue weighted by atomic mass is 16.5. The number of benzene rings is 1. The third-order valence-electron chi connectivity index (χ3n) is 6.69. The maximum Gasteiger partial charge on any atom is 0.212 e. The number of ketones is 1. The van der Waals surface area contributed by atoms with Crippen LogP contribution in [0.3, 0.4) is 0 Å². The summed E-state index contributed by atoms with van der Waals surface area (Å²) in [4.78, 5) is 15.7. The van der Waals surface area contributed by atoms with Gasteiger partial charge in [-0.2, -0.15) is 0 Å². The third kappa shape index (κ3) is 2.56. The number of fused-ring (bicyclic) bond motifs is 3. The van der Waals surface area contributed by atoms with E-state index in [1.54, 1.807) is 0 Å². The number of Topliss-reactive ketones (excluding diaryl/α,β-unsaturated/α-hetero) is 1.